The van der Waals surface area contributed by atoms with Crippen LogP contribution >= 0.6 is 11.3 Å². The number of piperazine rings is 1. The first kappa shape index (κ1) is 10.7. The van der Waals surface area contributed by atoms with Gasteiger partial charge in [0.15, 0.2) is 6.29 Å². The Labute approximate surface area is 93.3 Å². The normalized spacial score (nSPS) is 17.9. The molecule has 0 aromatic carbocycles. The Bertz CT molecular complexity index is 344. The molecule has 0 atom stereocenters. The van der Waals surface area contributed by atoms with Gasteiger partial charge in [0.25, 0.3) is 0 Å². The molecule has 5 heteroatoms. The van der Waals surface area contributed by atoms with Gasteiger partial charge in [-0.15, -0.1) is 11.3 Å². The summed E-state index contributed by atoms with van der Waals surface area (Å²) in [6.07, 6.45) is 0.897. The largest absolute Gasteiger partial charge is 0.314 e. The first-order chi connectivity index (χ1) is 7.29. The predicted octanol–water partition coefficient (Wildman–Crippen LogP) is 0.669. The summed E-state index contributed by atoms with van der Waals surface area (Å²) in [6, 6.07) is 0. The predicted molar refractivity (Wildman–Crippen MR) is 60.4 cm³/mol. The van der Waals surface area contributed by atoms with Crippen LogP contribution in [-0.2, 0) is 6.54 Å². The van der Waals surface area contributed by atoms with Gasteiger partial charge in [0, 0.05) is 26.2 Å². The van der Waals surface area contributed by atoms with Crippen molar-refractivity contribution >= 4 is 17.6 Å². The zero-order chi connectivity index (χ0) is 10.7. The third-order valence-corrected chi connectivity index (χ3v) is 3.62. The maximum atomic E-state index is 10.7. The van der Waals surface area contributed by atoms with E-state index in [2.05, 4.69) is 15.2 Å². The Morgan fingerprint density at radius 3 is 2.87 bits per heavy atom. The molecule has 82 valence electrons. The van der Waals surface area contributed by atoms with Crippen LogP contribution in [0.3, 0.4) is 0 Å². The summed E-state index contributed by atoms with van der Waals surface area (Å²) in [5.41, 5.74) is 0.861. The number of rotatable bonds is 3. The summed E-state index contributed by atoms with van der Waals surface area (Å²) in [5, 5.41) is 4.37. The minimum Gasteiger partial charge on any atom is -0.314 e. The molecular formula is C10H15N3OS. The summed E-state index contributed by atoms with van der Waals surface area (Å²) in [4.78, 5) is 18.2. The van der Waals surface area contributed by atoms with Crippen molar-refractivity contribution in [2.75, 3.05) is 26.2 Å². The Balaban J connectivity index is 2.00. The van der Waals surface area contributed by atoms with E-state index >= 15 is 0 Å². The van der Waals surface area contributed by atoms with Crippen molar-refractivity contribution in [2.24, 2.45) is 0 Å². The van der Waals surface area contributed by atoms with Crippen LogP contribution in [0.1, 0.15) is 20.4 Å². The summed E-state index contributed by atoms with van der Waals surface area (Å²) >= 11 is 1.51. The summed E-state index contributed by atoms with van der Waals surface area (Å²) in [6.45, 7) is 6.99. The number of thiazole rings is 1. The van der Waals surface area contributed by atoms with Gasteiger partial charge in [-0.1, -0.05) is 0 Å². The molecule has 1 aliphatic heterocycles. The second-order valence-corrected chi connectivity index (χ2v) is 4.82. The molecule has 0 amide bonds. The van der Waals surface area contributed by atoms with E-state index in [4.69, 9.17) is 0 Å². The summed E-state index contributed by atoms with van der Waals surface area (Å²) in [7, 11) is 0. The lowest BCUT2D eigenvalue weighted by molar-refractivity contribution is 0.112. The van der Waals surface area contributed by atoms with Gasteiger partial charge in [0.1, 0.15) is 5.01 Å². The monoisotopic (exact) mass is 225 g/mol. The highest BCUT2D eigenvalue weighted by atomic mass is 32.1. The topological polar surface area (TPSA) is 45.2 Å². The van der Waals surface area contributed by atoms with Crippen LogP contribution in [0.15, 0.2) is 0 Å². The first-order valence-corrected chi connectivity index (χ1v) is 5.96. The lowest BCUT2D eigenvalue weighted by Gasteiger charge is -2.26. The Morgan fingerprint density at radius 2 is 2.27 bits per heavy atom. The molecule has 15 heavy (non-hydrogen) atoms. The van der Waals surface area contributed by atoms with Crippen molar-refractivity contribution in [3.63, 3.8) is 0 Å². The fourth-order valence-electron chi connectivity index (χ4n) is 1.70. The number of nitrogens with one attached hydrogen (secondary N) is 1. The zero-order valence-corrected chi connectivity index (χ0v) is 9.64. The summed E-state index contributed by atoms with van der Waals surface area (Å²) in [5.74, 6) is 0. The van der Waals surface area contributed by atoms with Gasteiger partial charge >= 0.3 is 0 Å². The van der Waals surface area contributed by atoms with E-state index in [1.807, 2.05) is 6.92 Å². The average Bonchev–Trinajstić information content (AvgIpc) is 2.60. The smallest absolute Gasteiger partial charge is 0.161 e. The van der Waals surface area contributed by atoms with Crippen molar-refractivity contribution in [1.82, 2.24) is 15.2 Å². The Kier molecular flexibility index (Phi) is 3.45. The highest BCUT2D eigenvalue weighted by molar-refractivity contribution is 7.13. The number of aromatic nitrogens is 1. The second-order valence-electron chi connectivity index (χ2n) is 3.70. The average molecular weight is 225 g/mol. The van der Waals surface area contributed by atoms with Gasteiger partial charge < -0.3 is 5.32 Å². The first-order valence-electron chi connectivity index (χ1n) is 5.14. The number of carbonyl (C=O) groups excluding carboxylic acids is 1. The van der Waals surface area contributed by atoms with Crippen LogP contribution < -0.4 is 5.32 Å². The molecule has 0 saturated carbocycles. The zero-order valence-electron chi connectivity index (χ0n) is 8.82. The Morgan fingerprint density at radius 1 is 1.53 bits per heavy atom. The standard InChI is InChI=1S/C10H15N3OS/c1-8-9(7-14)15-10(12-8)6-13-4-2-11-3-5-13/h7,11H,2-6H2,1H3. The molecule has 0 radical (unpaired) electrons. The van der Waals surface area contributed by atoms with Gasteiger partial charge in [0.05, 0.1) is 17.1 Å². The molecule has 0 aliphatic carbocycles. The molecule has 1 aromatic rings. The molecular weight excluding hydrogens is 210 g/mol. The fraction of sp³-hybridized carbons (Fsp3) is 0.600. The second kappa shape index (κ2) is 4.83. The number of hydrogen-bond acceptors (Lipinski definition) is 5. The minimum absolute atomic E-state index is 0.764. The highest BCUT2D eigenvalue weighted by Crippen LogP contribution is 2.17. The molecule has 1 N–H and O–H groups in total. The third kappa shape index (κ3) is 2.62. The molecule has 0 unspecified atom stereocenters. The number of aryl methyl sites for hydroxylation is 1. The number of nitrogens with zero attached hydrogens (tertiary/aromatic N) is 2. The molecule has 1 aromatic heterocycles. The molecule has 1 saturated heterocycles. The van der Waals surface area contributed by atoms with Crippen LogP contribution in [0.4, 0.5) is 0 Å². The van der Waals surface area contributed by atoms with Gasteiger partial charge in [-0.25, -0.2) is 4.98 Å². The number of aldehydes is 1. The van der Waals surface area contributed by atoms with Crippen LogP contribution in [0.2, 0.25) is 0 Å². The van der Waals surface area contributed by atoms with E-state index in [1.165, 1.54) is 11.3 Å². The van der Waals surface area contributed by atoms with Crippen LogP contribution in [0, 0.1) is 6.92 Å². The van der Waals surface area contributed by atoms with E-state index in [-0.39, 0.29) is 0 Å². The van der Waals surface area contributed by atoms with E-state index in [1.54, 1.807) is 0 Å². The number of carbonyl (C=O) groups is 1. The van der Waals surface area contributed by atoms with E-state index in [9.17, 15) is 4.79 Å². The van der Waals surface area contributed by atoms with Gasteiger partial charge in [-0.2, -0.15) is 0 Å². The fourth-order valence-corrected chi connectivity index (χ4v) is 2.63. The number of hydrogen-bond donors (Lipinski definition) is 1. The van der Waals surface area contributed by atoms with Gasteiger partial charge in [-0.3, -0.25) is 9.69 Å². The maximum absolute atomic E-state index is 10.7. The van der Waals surface area contributed by atoms with Crippen molar-refractivity contribution in [3.05, 3.63) is 15.6 Å². The minimum atomic E-state index is 0.764. The van der Waals surface area contributed by atoms with Crippen LogP contribution in [0.5, 0.6) is 0 Å². The SMILES string of the molecule is Cc1nc(CN2CCNCC2)sc1C=O. The van der Waals surface area contributed by atoms with Crippen molar-refractivity contribution in [2.45, 2.75) is 13.5 Å². The third-order valence-electron chi connectivity index (χ3n) is 2.55. The molecule has 4 nitrogen and oxygen atoms in total. The molecule has 0 spiro atoms. The van der Waals surface area contributed by atoms with Crippen molar-refractivity contribution in [3.8, 4) is 0 Å². The molecule has 1 fully saturated rings. The molecule has 1 aliphatic rings. The van der Waals surface area contributed by atoms with E-state index in [0.29, 0.717) is 0 Å². The molecule has 2 heterocycles. The van der Waals surface area contributed by atoms with Crippen molar-refractivity contribution in [1.29, 1.82) is 0 Å². The maximum Gasteiger partial charge on any atom is 0.161 e. The lowest BCUT2D eigenvalue weighted by atomic mass is 10.3. The van der Waals surface area contributed by atoms with E-state index in [0.717, 1.165) is 54.6 Å². The van der Waals surface area contributed by atoms with Crippen LogP contribution in [-0.4, -0.2) is 42.3 Å². The highest BCUT2D eigenvalue weighted by Gasteiger charge is 2.13. The molecule has 2 rings (SSSR count). The van der Waals surface area contributed by atoms with Crippen LogP contribution in [0.25, 0.3) is 0 Å². The molecule has 0 bridgehead atoms. The van der Waals surface area contributed by atoms with Gasteiger partial charge in [-0.05, 0) is 6.92 Å². The Hall–Kier alpha value is -0.780. The van der Waals surface area contributed by atoms with E-state index < -0.39 is 0 Å². The summed E-state index contributed by atoms with van der Waals surface area (Å²) < 4.78 is 0. The van der Waals surface area contributed by atoms with Gasteiger partial charge in [0.2, 0.25) is 0 Å². The quantitative estimate of drug-likeness (QED) is 0.768. The van der Waals surface area contributed by atoms with Crippen molar-refractivity contribution < 1.29 is 4.79 Å². The lowest BCUT2D eigenvalue weighted by Crippen LogP contribution is -2.42.